The summed E-state index contributed by atoms with van der Waals surface area (Å²) in [7, 11) is 1.71. The molecule has 0 bridgehead atoms. The van der Waals surface area contributed by atoms with Crippen LogP contribution in [0.15, 0.2) is 36.4 Å². The number of rotatable bonds is 5. The van der Waals surface area contributed by atoms with Crippen LogP contribution in [0, 0.1) is 11.6 Å². The Morgan fingerprint density at radius 2 is 1.80 bits per heavy atom. The summed E-state index contributed by atoms with van der Waals surface area (Å²) in [6, 6.07) is 9.51. The molecular weight excluding hydrogens is 284 g/mol. The first kappa shape index (κ1) is 14.8. The van der Waals surface area contributed by atoms with Crippen LogP contribution in [-0.2, 0) is 13.2 Å². The van der Waals surface area contributed by atoms with Crippen LogP contribution >= 0.6 is 11.6 Å². The Labute approximate surface area is 121 Å². The minimum Gasteiger partial charge on any atom is -0.483 e. The Bertz CT molecular complexity index is 581. The normalized spacial score (nSPS) is 10.6. The van der Waals surface area contributed by atoms with Crippen LogP contribution in [0.25, 0.3) is 0 Å². The van der Waals surface area contributed by atoms with Gasteiger partial charge in [-0.05, 0) is 30.8 Å². The minimum absolute atomic E-state index is 0.0128. The molecule has 0 spiro atoms. The highest BCUT2D eigenvalue weighted by atomic mass is 35.5. The summed E-state index contributed by atoms with van der Waals surface area (Å²) >= 11 is 5.96. The molecule has 2 aromatic rings. The van der Waals surface area contributed by atoms with Crippen LogP contribution in [0.3, 0.4) is 0 Å². The molecule has 106 valence electrons. The molecule has 0 aliphatic heterocycles. The van der Waals surface area contributed by atoms with Crippen molar-refractivity contribution in [2.75, 3.05) is 7.05 Å². The number of hydrogen-bond acceptors (Lipinski definition) is 2. The van der Waals surface area contributed by atoms with Gasteiger partial charge in [-0.15, -0.1) is 0 Å². The van der Waals surface area contributed by atoms with Crippen LogP contribution in [0.5, 0.6) is 5.75 Å². The van der Waals surface area contributed by atoms with Crippen molar-refractivity contribution in [3.63, 3.8) is 0 Å². The van der Waals surface area contributed by atoms with Crippen LogP contribution in [0.2, 0.25) is 5.02 Å². The molecule has 0 saturated heterocycles. The number of ether oxygens (including phenoxy) is 1. The van der Waals surface area contributed by atoms with E-state index in [4.69, 9.17) is 16.3 Å². The SMILES string of the molecule is CNCc1cc(F)c(OCc2ccccc2Cl)c(F)c1. The van der Waals surface area contributed by atoms with E-state index in [0.717, 1.165) is 0 Å². The van der Waals surface area contributed by atoms with E-state index in [-0.39, 0.29) is 12.4 Å². The first-order valence-corrected chi connectivity index (χ1v) is 6.48. The number of nitrogens with one attached hydrogen (secondary N) is 1. The zero-order valence-electron chi connectivity index (χ0n) is 10.9. The fourth-order valence-corrected chi connectivity index (χ4v) is 2.01. The zero-order chi connectivity index (χ0) is 14.5. The number of hydrogen-bond donors (Lipinski definition) is 1. The second-order valence-electron chi connectivity index (χ2n) is 4.30. The summed E-state index contributed by atoms with van der Waals surface area (Å²) in [5.41, 5.74) is 1.19. The van der Waals surface area contributed by atoms with Gasteiger partial charge in [-0.25, -0.2) is 8.78 Å². The maximum atomic E-state index is 13.8. The molecule has 0 aliphatic rings. The summed E-state index contributed by atoms with van der Waals surface area (Å²) < 4.78 is 32.8. The molecule has 0 aliphatic carbocycles. The van der Waals surface area contributed by atoms with Crippen molar-refractivity contribution in [1.29, 1.82) is 0 Å². The summed E-state index contributed by atoms with van der Waals surface area (Å²) in [5, 5.41) is 3.33. The zero-order valence-corrected chi connectivity index (χ0v) is 11.7. The smallest absolute Gasteiger partial charge is 0.191 e. The van der Waals surface area contributed by atoms with Crippen molar-refractivity contribution in [1.82, 2.24) is 5.32 Å². The Morgan fingerprint density at radius 1 is 1.15 bits per heavy atom. The highest BCUT2D eigenvalue weighted by molar-refractivity contribution is 6.31. The van der Waals surface area contributed by atoms with Crippen molar-refractivity contribution in [3.8, 4) is 5.75 Å². The lowest BCUT2D eigenvalue weighted by atomic mass is 10.2. The number of halogens is 3. The van der Waals surface area contributed by atoms with Crippen molar-refractivity contribution in [2.45, 2.75) is 13.2 Å². The van der Waals surface area contributed by atoms with Crippen molar-refractivity contribution < 1.29 is 13.5 Å². The Hall–Kier alpha value is -1.65. The molecule has 2 aromatic carbocycles. The van der Waals surface area contributed by atoms with E-state index in [1.807, 2.05) is 0 Å². The molecular formula is C15H14ClF2NO. The van der Waals surface area contributed by atoms with Gasteiger partial charge in [0.25, 0.3) is 0 Å². The van der Waals surface area contributed by atoms with E-state index in [9.17, 15) is 8.78 Å². The lowest BCUT2D eigenvalue weighted by Gasteiger charge is -2.11. The lowest BCUT2D eigenvalue weighted by molar-refractivity contribution is 0.274. The fourth-order valence-electron chi connectivity index (χ4n) is 1.82. The van der Waals surface area contributed by atoms with Gasteiger partial charge in [-0.1, -0.05) is 29.8 Å². The van der Waals surface area contributed by atoms with Gasteiger partial charge in [-0.3, -0.25) is 0 Å². The first-order valence-electron chi connectivity index (χ1n) is 6.10. The van der Waals surface area contributed by atoms with Gasteiger partial charge < -0.3 is 10.1 Å². The summed E-state index contributed by atoms with van der Waals surface area (Å²) in [5.74, 6) is -1.82. The molecule has 0 atom stereocenters. The van der Waals surface area contributed by atoms with Crippen molar-refractivity contribution in [3.05, 3.63) is 64.2 Å². The molecule has 20 heavy (non-hydrogen) atoms. The molecule has 0 aromatic heterocycles. The van der Waals surface area contributed by atoms with Crippen LogP contribution in [0.1, 0.15) is 11.1 Å². The fraction of sp³-hybridized carbons (Fsp3) is 0.200. The van der Waals surface area contributed by atoms with Gasteiger partial charge in [0.05, 0.1) is 0 Å². The molecule has 2 rings (SSSR count). The summed E-state index contributed by atoms with van der Waals surface area (Å²) in [4.78, 5) is 0. The maximum absolute atomic E-state index is 13.8. The van der Waals surface area contributed by atoms with Crippen LogP contribution < -0.4 is 10.1 Å². The molecule has 0 radical (unpaired) electrons. The highest BCUT2D eigenvalue weighted by Crippen LogP contribution is 2.25. The average Bonchev–Trinajstić information content (AvgIpc) is 2.40. The Balaban J connectivity index is 2.16. The average molecular weight is 298 g/mol. The van der Waals surface area contributed by atoms with Gasteiger partial charge in [0.1, 0.15) is 6.61 Å². The third kappa shape index (κ3) is 3.46. The van der Waals surface area contributed by atoms with Crippen molar-refractivity contribution in [2.24, 2.45) is 0 Å². The minimum atomic E-state index is -0.720. The number of benzene rings is 2. The van der Waals surface area contributed by atoms with Crippen LogP contribution in [-0.4, -0.2) is 7.05 Å². The van der Waals surface area contributed by atoms with E-state index in [2.05, 4.69) is 5.32 Å². The van der Waals surface area contributed by atoms with E-state index in [0.29, 0.717) is 22.7 Å². The predicted octanol–water partition coefficient (Wildman–Crippen LogP) is 3.92. The molecule has 0 unspecified atom stereocenters. The Kier molecular flexibility index (Phi) is 4.93. The Morgan fingerprint density at radius 3 is 2.40 bits per heavy atom. The topological polar surface area (TPSA) is 21.3 Å². The standard InChI is InChI=1S/C15H14ClF2NO/c1-19-8-10-6-13(17)15(14(18)7-10)20-9-11-4-2-3-5-12(11)16/h2-7,19H,8-9H2,1H3. The molecule has 0 saturated carbocycles. The third-order valence-electron chi connectivity index (χ3n) is 2.77. The van der Waals surface area contributed by atoms with Crippen LogP contribution in [0.4, 0.5) is 8.78 Å². The van der Waals surface area contributed by atoms with Gasteiger partial charge in [0, 0.05) is 17.1 Å². The first-order chi connectivity index (χ1) is 9.61. The molecule has 5 heteroatoms. The van der Waals surface area contributed by atoms with Gasteiger partial charge in [0.2, 0.25) is 0 Å². The largest absolute Gasteiger partial charge is 0.483 e. The van der Waals surface area contributed by atoms with Gasteiger partial charge >= 0.3 is 0 Å². The van der Waals surface area contributed by atoms with Gasteiger partial charge in [-0.2, -0.15) is 0 Å². The van der Waals surface area contributed by atoms with Gasteiger partial charge in [0.15, 0.2) is 17.4 Å². The molecule has 2 nitrogen and oxygen atoms in total. The molecule has 0 heterocycles. The second kappa shape index (κ2) is 6.68. The maximum Gasteiger partial charge on any atom is 0.191 e. The lowest BCUT2D eigenvalue weighted by Crippen LogP contribution is -2.07. The van der Waals surface area contributed by atoms with E-state index in [1.54, 1.807) is 31.3 Å². The highest BCUT2D eigenvalue weighted by Gasteiger charge is 2.13. The third-order valence-corrected chi connectivity index (χ3v) is 3.14. The summed E-state index contributed by atoms with van der Waals surface area (Å²) in [6.07, 6.45) is 0. The predicted molar refractivity (Wildman–Crippen MR) is 74.9 cm³/mol. The molecule has 0 amide bonds. The quantitative estimate of drug-likeness (QED) is 0.903. The van der Waals surface area contributed by atoms with Crippen molar-refractivity contribution >= 4 is 11.6 Å². The molecule has 1 N–H and O–H groups in total. The van der Waals surface area contributed by atoms with E-state index in [1.165, 1.54) is 12.1 Å². The second-order valence-corrected chi connectivity index (χ2v) is 4.71. The van der Waals surface area contributed by atoms with E-state index < -0.39 is 11.6 Å². The summed E-state index contributed by atoms with van der Waals surface area (Å²) in [6.45, 7) is 0.400. The van der Waals surface area contributed by atoms with E-state index >= 15 is 0 Å². The monoisotopic (exact) mass is 297 g/mol. The molecule has 0 fully saturated rings.